The normalized spacial score (nSPS) is 18.6. The molecule has 26 heavy (non-hydrogen) atoms. The molecule has 2 unspecified atom stereocenters. The minimum absolute atomic E-state index is 0.0522. The summed E-state index contributed by atoms with van der Waals surface area (Å²) in [4.78, 5) is 21.9. The average Bonchev–Trinajstić information content (AvgIpc) is 2.67. The summed E-state index contributed by atoms with van der Waals surface area (Å²) in [5, 5.41) is 20.8. The summed E-state index contributed by atoms with van der Waals surface area (Å²) in [6.45, 7) is 5.56. The van der Waals surface area contributed by atoms with Crippen molar-refractivity contribution in [2.45, 2.75) is 39.2 Å². The van der Waals surface area contributed by atoms with Gasteiger partial charge in [0.05, 0.1) is 11.0 Å². The van der Waals surface area contributed by atoms with Gasteiger partial charge in [-0.3, -0.25) is 10.1 Å². The zero-order valence-corrected chi connectivity index (χ0v) is 15.1. The van der Waals surface area contributed by atoms with E-state index in [2.05, 4.69) is 9.88 Å². The number of piperidine rings is 1. The van der Waals surface area contributed by atoms with E-state index in [9.17, 15) is 15.2 Å². The zero-order chi connectivity index (χ0) is 18.7. The first-order valence-corrected chi connectivity index (χ1v) is 9.03. The van der Waals surface area contributed by atoms with Crippen LogP contribution < -0.4 is 4.90 Å². The molecule has 1 saturated heterocycles. The molecule has 2 atom stereocenters. The summed E-state index contributed by atoms with van der Waals surface area (Å²) in [5.41, 5.74) is 1.75. The van der Waals surface area contributed by atoms with Crippen molar-refractivity contribution in [3.05, 3.63) is 46.1 Å². The Labute approximate surface area is 152 Å². The van der Waals surface area contributed by atoms with Gasteiger partial charge in [0.25, 0.3) is 5.69 Å². The molecule has 1 N–H and O–H groups in total. The largest absolute Gasteiger partial charge is 0.393 e. The summed E-state index contributed by atoms with van der Waals surface area (Å²) >= 11 is 0. The first-order valence-electron chi connectivity index (χ1n) is 9.03. The minimum atomic E-state index is -0.414. The summed E-state index contributed by atoms with van der Waals surface area (Å²) in [6, 6.07) is 8.32. The maximum atomic E-state index is 10.8. The Hall–Kier alpha value is -2.54. The van der Waals surface area contributed by atoms with Crippen LogP contribution in [-0.2, 0) is 6.42 Å². The lowest BCUT2D eigenvalue weighted by Gasteiger charge is -2.35. The average molecular weight is 356 g/mol. The highest BCUT2D eigenvalue weighted by Crippen LogP contribution is 2.27. The second-order valence-electron chi connectivity index (χ2n) is 6.79. The van der Waals surface area contributed by atoms with Gasteiger partial charge in [-0.05, 0) is 38.3 Å². The van der Waals surface area contributed by atoms with Crippen LogP contribution in [0.3, 0.4) is 0 Å². The van der Waals surface area contributed by atoms with E-state index in [-0.39, 0.29) is 17.7 Å². The zero-order valence-electron chi connectivity index (χ0n) is 15.1. The molecular weight excluding hydrogens is 332 g/mol. The van der Waals surface area contributed by atoms with E-state index in [0.29, 0.717) is 5.82 Å². The van der Waals surface area contributed by atoms with Crippen molar-refractivity contribution in [2.75, 3.05) is 18.0 Å². The number of nitro groups is 1. The van der Waals surface area contributed by atoms with Gasteiger partial charge in [0.15, 0.2) is 5.82 Å². The number of aliphatic hydroxyl groups is 1. The van der Waals surface area contributed by atoms with Crippen molar-refractivity contribution >= 4 is 11.5 Å². The highest BCUT2D eigenvalue weighted by Gasteiger charge is 2.25. The monoisotopic (exact) mass is 356 g/mol. The second kappa shape index (κ2) is 7.78. The molecule has 0 radical (unpaired) electrons. The first-order chi connectivity index (χ1) is 12.5. The SMILES string of the molecule is CCc1cc(N2CCCC(C(C)O)C2)nc(-c2ccc([N+](=O)[O-])cc2)n1. The van der Waals surface area contributed by atoms with Crippen LogP contribution in [-0.4, -0.2) is 39.2 Å². The van der Waals surface area contributed by atoms with E-state index < -0.39 is 4.92 Å². The molecule has 2 heterocycles. The van der Waals surface area contributed by atoms with Crippen molar-refractivity contribution < 1.29 is 10.0 Å². The van der Waals surface area contributed by atoms with Gasteiger partial charge in [0.1, 0.15) is 5.82 Å². The molecule has 0 aliphatic carbocycles. The number of benzene rings is 1. The molecule has 1 fully saturated rings. The maximum absolute atomic E-state index is 10.8. The number of anilines is 1. The second-order valence-corrected chi connectivity index (χ2v) is 6.79. The van der Waals surface area contributed by atoms with Gasteiger partial charge in [-0.15, -0.1) is 0 Å². The molecule has 1 aromatic heterocycles. The van der Waals surface area contributed by atoms with E-state index in [1.54, 1.807) is 12.1 Å². The van der Waals surface area contributed by atoms with Crippen molar-refractivity contribution in [3.63, 3.8) is 0 Å². The van der Waals surface area contributed by atoms with Gasteiger partial charge in [-0.2, -0.15) is 0 Å². The molecule has 2 aromatic rings. The number of rotatable bonds is 5. The lowest BCUT2D eigenvalue weighted by Crippen LogP contribution is -2.40. The Balaban J connectivity index is 1.92. The van der Waals surface area contributed by atoms with Crippen molar-refractivity contribution in [1.29, 1.82) is 0 Å². The van der Waals surface area contributed by atoms with Gasteiger partial charge in [-0.1, -0.05) is 6.92 Å². The molecule has 1 aromatic carbocycles. The van der Waals surface area contributed by atoms with Crippen LogP contribution in [0, 0.1) is 16.0 Å². The van der Waals surface area contributed by atoms with Crippen molar-refractivity contribution in [2.24, 2.45) is 5.92 Å². The number of nitro benzene ring substituents is 1. The lowest BCUT2D eigenvalue weighted by atomic mass is 9.93. The fourth-order valence-electron chi connectivity index (χ4n) is 3.30. The Morgan fingerprint density at radius 2 is 2.08 bits per heavy atom. The van der Waals surface area contributed by atoms with E-state index in [4.69, 9.17) is 4.98 Å². The molecule has 1 aliphatic rings. The number of non-ortho nitro benzene ring substituents is 1. The van der Waals surface area contributed by atoms with Crippen LogP contribution in [0.4, 0.5) is 11.5 Å². The fourth-order valence-corrected chi connectivity index (χ4v) is 3.30. The van der Waals surface area contributed by atoms with Crippen molar-refractivity contribution in [1.82, 2.24) is 9.97 Å². The van der Waals surface area contributed by atoms with E-state index in [1.807, 2.05) is 19.9 Å². The molecule has 3 rings (SSSR count). The molecule has 0 spiro atoms. The smallest absolute Gasteiger partial charge is 0.269 e. The summed E-state index contributed by atoms with van der Waals surface area (Å²) in [7, 11) is 0. The van der Waals surface area contributed by atoms with Crippen molar-refractivity contribution in [3.8, 4) is 11.4 Å². The number of nitrogens with zero attached hydrogens (tertiary/aromatic N) is 4. The van der Waals surface area contributed by atoms with Gasteiger partial charge in [0, 0.05) is 48.5 Å². The number of aliphatic hydroxyl groups excluding tert-OH is 1. The Morgan fingerprint density at radius 3 is 2.69 bits per heavy atom. The van der Waals surface area contributed by atoms with Gasteiger partial charge < -0.3 is 10.0 Å². The number of hydrogen-bond donors (Lipinski definition) is 1. The summed E-state index contributed by atoms with van der Waals surface area (Å²) in [5.74, 6) is 1.68. The third-order valence-corrected chi connectivity index (χ3v) is 4.93. The van der Waals surface area contributed by atoms with Crippen LogP contribution in [0.25, 0.3) is 11.4 Å². The van der Waals surface area contributed by atoms with Crippen LogP contribution in [0.15, 0.2) is 30.3 Å². The van der Waals surface area contributed by atoms with E-state index in [0.717, 1.165) is 49.4 Å². The fraction of sp³-hybridized carbons (Fsp3) is 0.474. The van der Waals surface area contributed by atoms with Crippen LogP contribution in [0.2, 0.25) is 0 Å². The van der Waals surface area contributed by atoms with Gasteiger partial charge in [-0.25, -0.2) is 9.97 Å². The number of hydrogen-bond acceptors (Lipinski definition) is 6. The summed E-state index contributed by atoms with van der Waals surface area (Å²) in [6.07, 6.45) is 2.49. The lowest BCUT2D eigenvalue weighted by molar-refractivity contribution is -0.384. The highest BCUT2D eigenvalue weighted by atomic mass is 16.6. The van der Waals surface area contributed by atoms with Gasteiger partial charge in [0.2, 0.25) is 0 Å². The topological polar surface area (TPSA) is 92.4 Å². The number of aryl methyl sites for hydroxylation is 1. The highest BCUT2D eigenvalue weighted by molar-refractivity contribution is 5.60. The molecular formula is C19H24N4O3. The Morgan fingerprint density at radius 1 is 1.35 bits per heavy atom. The minimum Gasteiger partial charge on any atom is -0.393 e. The molecule has 1 aliphatic heterocycles. The predicted octanol–water partition coefficient (Wildman–Crippen LogP) is 3.21. The third kappa shape index (κ3) is 3.99. The third-order valence-electron chi connectivity index (χ3n) is 4.93. The van der Waals surface area contributed by atoms with Crippen LogP contribution in [0.1, 0.15) is 32.4 Å². The quantitative estimate of drug-likeness (QED) is 0.653. The molecule has 138 valence electrons. The van der Waals surface area contributed by atoms with Crippen LogP contribution in [0.5, 0.6) is 0 Å². The standard InChI is InChI=1S/C19H24N4O3/c1-3-16-11-18(22-10-4-5-15(12-22)13(2)24)21-19(20-16)14-6-8-17(9-7-14)23(25)26/h6-9,11,13,15,24H,3-5,10,12H2,1-2H3. The van der Waals surface area contributed by atoms with Gasteiger partial charge >= 0.3 is 0 Å². The molecule has 0 bridgehead atoms. The Kier molecular flexibility index (Phi) is 5.46. The molecule has 7 heteroatoms. The number of aromatic nitrogens is 2. The predicted molar refractivity (Wildman–Crippen MR) is 100 cm³/mol. The van der Waals surface area contributed by atoms with E-state index >= 15 is 0 Å². The molecule has 0 saturated carbocycles. The molecule has 0 amide bonds. The maximum Gasteiger partial charge on any atom is 0.269 e. The van der Waals surface area contributed by atoms with Crippen LogP contribution >= 0.6 is 0 Å². The van der Waals surface area contributed by atoms with E-state index in [1.165, 1.54) is 12.1 Å². The molecule has 7 nitrogen and oxygen atoms in total. The Bertz CT molecular complexity index is 777. The summed E-state index contributed by atoms with van der Waals surface area (Å²) < 4.78 is 0. The first kappa shape index (κ1) is 18.3.